The minimum absolute atomic E-state index is 0.00641. The van der Waals surface area contributed by atoms with Crippen LogP contribution in [0.5, 0.6) is 5.75 Å². The summed E-state index contributed by atoms with van der Waals surface area (Å²) in [6.45, 7) is 1.54. The van der Waals surface area contributed by atoms with E-state index in [1.54, 1.807) is 52.6 Å². The minimum atomic E-state index is -3.41. The quantitative estimate of drug-likeness (QED) is 0.341. The zero-order valence-electron chi connectivity index (χ0n) is 19.2. The predicted octanol–water partition coefficient (Wildman–Crippen LogP) is 4.23. The van der Waals surface area contributed by atoms with Crippen LogP contribution in [0.15, 0.2) is 70.4 Å². The van der Waals surface area contributed by atoms with Gasteiger partial charge in [-0.15, -0.1) is 0 Å². The van der Waals surface area contributed by atoms with Crippen LogP contribution in [0.2, 0.25) is 0 Å². The maximum Gasteiger partial charge on any atom is 0.375 e. The average molecular weight is 558 g/mol. The second-order valence-electron chi connectivity index (χ2n) is 8.41. The summed E-state index contributed by atoms with van der Waals surface area (Å²) in [5.74, 6) is 1.35. The molecule has 9 nitrogen and oxygen atoms in total. The highest BCUT2D eigenvalue weighted by atomic mass is 79.9. The molecular formula is C24H26BrN6O3S+. The smallest absolute Gasteiger partial charge is 0.375 e. The summed E-state index contributed by atoms with van der Waals surface area (Å²) in [4.78, 5) is 9.39. The first-order valence-electron chi connectivity index (χ1n) is 11.3. The van der Waals surface area contributed by atoms with Crippen molar-refractivity contribution in [1.29, 1.82) is 0 Å². The molecule has 0 amide bonds. The van der Waals surface area contributed by atoms with Crippen molar-refractivity contribution in [2.75, 3.05) is 25.5 Å². The number of hydrogen-bond donors (Lipinski definition) is 1. The van der Waals surface area contributed by atoms with Gasteiger partial charge in [-0.1, -0.05) is 12.1 Å². The van der Waals surface area contributed by atoms with Crippen molar-refractivity contribution in [2.24, 2.45) is 0 Å². The maximum atomic E-state index is 13.5. The highest BCUT2D eigenvalue weighted by Crippen LogP contribution is 2.32. The van der Waals surface area contributed by atoms with Gasteiger partial charge in [-0.25, -0.2) is 9.19 Å². The monoisotopic (exact) mass is 557 g/mol. The lowest BCUT2D eigenvalue weighted by molar-refractivity contribution is 0.314. The molecule has 4 heterocycles. The number of fused-ring (bicyclic) bond motifs is 1. The molecule has 0 bridgehead atoms. The number of nitrogens with zero attached hydrogens (tertiary/aromatic N) is 5. The van der Waals surface area contributed by atoms with Crippen LogP contribution in [0.1, 0.15) is 30.0 Å². The summed E-state index contributed by atoms with van der Waals surface area (Å²) in [5.41, 5.74) is 2.61. The first kappa shape index (κ1) is 23.7. The van der Waals surface area contributed by atoms with E-state index in [0.717, 1.165) is 34.4 Å². The number of ether oxygens (including phenoxy) is 1. The molecular weight excluding hydrogens is 532 g/mol. The van der Waals surface area contributed by atoms with Crippen molar-refractivity contribution in [1.82, 2.24) is 23.9 Å². The maximum absolute atomic E-state index is 13.5. The molecule has 1 aliphatic heterocycles. The van der Waals surface area contributed by atoms with E-state index in [2.05, 4.69) is 31.3 Å². The van der Waals surface area contributed by atoms with Crippen LogP contribution in [0.3, 0.4) is 0 Å². The first-order valence-corrected chi connectivity index (χ1v) is 13.5. The number of benzene rings is 1. The summed E-state index contributed by atoms with van der Waals surface area (Å²) in [7, 11) is -1.86. The van der Waals surface area contributed by atoms with Gasteiger partial charge in [0.2, 0.25) is 0 Å². The largest absolute Gasteiger partial charge is 0.497 e. The molecule has 1 saturated heterocycles. The topological polar surface area (TPSA) is 106 Å². The van der Waals surface area contributed by atoms with E-state index < -0.39 is 10.0 Å². The Morgan fingerprint density at radius 3 is 2.94 bits per heavy atom. The van der Waals surface area contributed by atoms with Crippen molar-refractivity contribution >= 4 is 37.4 Å². The van der Waals surface area contributed by atoms with Crippen LogP contribution in [-0.2, 0) is 16.6 Å². The van der Waals surface area contributed by atoms with Gasteiger partial charge in [-0.05, 0) is 52.5 Å². The molecule has 11 heteroatoms. The van der Waals surface area contributed by atoms with E-state index in [-0.39, 0.29) is 5.92 Å². The van der Waals surface area contributed by atoms with Crippen LogP contribution in [-0.4, -0.2) is 52.5 Å². The van der Waals surface area contributed by atoms with Gasteiger partial charge < -0.3 is 10.1 Å². The normalized spacial score (nSPS) is 18.3. The number of hydrogen-bond acceptors (Lipinski definition) is 6. The minimum Gasteiger partial charge on any atom is -0.497 e. The molecule has 35 heavy (non-hydrogen) atoms. The van der Waals surface area contributed by atoms with E-state index in [0.29, 0.717) is 35.9 Å². The molecule has 2 N–H and O–H groups in total. The third-order valence-electron chi connectivity index (χ3n) is 6.15. The fourth-order valence-corrected chi connectivity index (χ4v) is 6.24. The van der Waals surface area contributed by atoms with Crippen LogP contribution in [0.25, 0.3) is 5.65 Å². The molecule has 0 aliphatic carbocycles. The third kappa shape index (κ3) is 4.89. The molecule has 2 atom stereocenters. The van der Waals surface area contributed by atoms with Gasteiger partial charge in [0.05, 0.1) is 23.5 Å². The van der Waals surface area contributed by atoms with Gasteiger partial charge in [-0.3, -0.25) is 4.98 Å². The fraction of sp³-hybridized carbons (Fsp3) is 0.292. The number of nitrogens with one attached hydrogen (secondary N) is 1. The fourth-order valence-electron chi connectivity index (χ4n) is 4.31. The number of anilines is 1. The zero-order chi connectivity index (χ0) is 24.4. The molecule has 1 aliphatic rings. The molecule has 182 valence electrons. The van der Waals surface area contributed by atoms with Crippen LogP contribution >= 0.6 is 15.9 Å². The summed E-state index contributed by atoms with van der Waals surface area (Å²) in [6.07, 6.45) is 6.95. The van der Waals surface area contributed by atoms with E-state index in [4.69, 9.17) is 9.72 Å². The predicted molar refractivity (Wildman–Crippen MR) is 137 cm³/mol. The number of halogens is 1. The van der Waals surface area contributed by atoms with Crippen molar-refractivity contribution in [3.05, 3.63) is 76.8 Å². The lowest BCUT2D eigenvalue weighted by Gasteiger charge is -2.29. The number of methoxy groups -OCH3 is 1. The van der Waals surface area contributed by atoms with Crippen molar-refractivity contribution in [3.8, 4) is 5.75 Å². The van der Waals surface area contributed by atoms with Gasteiger partial charge >= 0.3 is 10.0 Å². The molecule has 0 radical (unpaired) electrons. The Labute approximate surface area is 212 Å². The van der Waals surface area contributed by atoms with Gasteiger partial charge in [0.15, 0.2) is 5.65 Å². The summed E-state index contributed by atoms with van der Waals surface area (Å²) >= 11 is 3.55. The van der Waals surface area contributed by atoms with Gasteiger partial charge in [-0.2, -0.15) is 18.1 Å². The zero-order valence-corrected chi connectivity index (χ0v) is 21.6. The van der Waals surface area contributed by atoms with Crippen molar-refractivity contribution < 1.29 is 13.2 Å². The number of pyridine rings is 1. The Bertz CT molecular complexity index is 1440. The standard InChI is InChI=1S/C24H25BrN6O3S/c1-34-19-7-2-8-20(11-19)35(32,33)30-10-4-6-18(16-30)22-12-23(27-14-17-5-3-9-26-13-17)31-24(29-22)21(25)15-28-31/h2-3,5,7-9,11-13,15,18,27H,4,6,10,14,16H2,1H3/p+1. The molecule has 4 aromatic rings. The Balaban J connectivity index is 1.44. The van der Waals surface area contributed by atoms with Gasteiger partial charge in [0.25, 0.3) is 0 Å². The molecule has 0 spiro atoms. The molecule has 1 aromatic carbocycles. The van der Waals surface area contributed by atoms with Crippen LogP contribution in [0, 0.1) is 0 Å². The summed E-state index contributed by atoms with van der Waals surface area (Å²) < 4.78 is 34.1. The molecule has 2 unspecified atom stereocenters. The number of aromatic nitrogens is 4. The van der Waals surface area contributed by atoms with Crippen LogP contribution in [0.4, 0.5) is 5.82 Å². The van der Waals surface area contributed by atoms with E-state index in [9.17, 15) is 8.42 Å². The Morgan fingerprint density at radius 1 is 1.26 bits per heavy atom. The molecule has 3 aromatic heterocycles. The lowest BCUT2D eigenvalue weighted by Crippen LogP contribution is -2.39. The van der Waals surface area contributed by atoms with Crippen LogP contribution < -0.4 is 10.1 Å². The average Bonchev–Trinajstić information content (AvgIpc) is 3.28. The lowest BCUT2D eigenvalue weighted by atomic mass is 9.96. The third-order valence-corrected chi connectivity index (χ3v) is 8.60. The van der Waals surface area contributed by atoms with E-state index in [1.807, 2.05) is 24.4 Å². The highest BCUT2D eigenvalue weighted by Gasteiger charge is 2.36. The number of rotatable bonds is 7. The SMILES string of the molecule is COc1cccc(S(=O)(=[OH+])N2CCCC(c3cc(NCc4cccnc4)n4ncc(Br)c4n3)C2)c1. The Morgan fingerprint density at radius 2 is 2.14 bits per heavy atom. The van der Waals surface area contributed by atoms with E-state index in [1.165, 1.54) is 0 Å². The highest BCUT2D eigenvalue weighted by molar-refractivity contribution is 9.10. The summed E-state index contributed by atoms with van der Waals surface area (Å²) in [6, 6.07) is 12.7. The Hall–Kier alpha value is -3.02. The van der Waals surface area contributed by atoms with Crippen molar-refractivity contribution in [3.63, 3.8) is 0 Å². The second-order valence-corrected chi connectivity index (χ2v) is 11.2. The second kappa shape index (κ2) is 9.92. The molecule has 1 fully saturated rings. The van der Waals surface area contributed by atoms with E-state index >= 15 is 0 Å². The first-order chi connectivity index (χ1) is 17.0. The van der Waals surface area contributed by atoms with Crippen molar-refractivity contribution in [2.45, 2.75) is 30.2 Å². The molecule has 5 rings (SSSR count). The molecule has 0 saturated carbocycles. The number of piperidine rings is 1. The van der Waals surface area contributed by atoms with Gasteiger partial charge in [0.1, 0.15) is 16.5 Å². The Kier molecular flexibility index (Phi) is 6.72. The summed E-state index contributed by atoms with van der Waals surface area (Å²) in [5, 5.41) is 7.89. The van der Waals surface area contributed by atoms with Gasteiger partial charge in [0, 0.05) is 50.1 Å².